The molecule has 0 aliphatic rings. The standard InChI is InChI=1S/C17H19NO3/c1-21-16-6-2-5-14(12-16)17(20)18-11-3-4-13-7-9-15(19)10-8-13/h2,5-10,12,19H,3-4,11H2,1H3,(H,18,20). The molecule has 0 spiro atoms. The number of rotatable bonds is 6. The summed E-state index contributed by atoms with van der Waals surface area (Å²) in [7, 11) is 1.58. The molecule has 0 radical (unpaired) electrons. The molecule has 21 heavy (non-hydrogen) atoms. The summed E-state index contributed by atoms with van der Waals surface area (Å²) in [6.45, 7) is 0.608. The van der Waals surface area contributed by atoms with Crippen LogP contribution in [0.5, 0.6) is 11.5 Å². The maximum absolute atomic E-state index is 12.0. The molecule has 0 saturated carbocycles. The third-order valence-electron chi connectivity index (χ3n) is 3.20. The van der Waals surface area contributed by atoms with E-state index in [4.69, 9.17) is 4.74 Å². The number of nitrogens with one attached hydrogen (secondary N) is 1. The monoisotopic (exact) mass is 285 g/mol. The van der Waals surface area contributed by atoms with Crippen LogP contribution in [0, 0.1) is 0 Å². The zero-order chi connectivity index (χ0) is 15.1. The number of ether oxygens (including phenoxy) is 1. The predicted octanol–water partition coefficient (Wildman–Crippen LogP) is 2.76. The lowest BCUT2D eigenvalue weighted by Crippen LogP contribution is -2.24. The lowest BCUT2D eigenvalue weighted by atomic mass is 10.1. The number of phenolic OH excluding ortho intramolecular Hbond substituents is 1. The molecule has 4 nitrogen and oxygen atoms in total. The van der Waals surface area contributed by atoms with Crippen molar-refractivity contribution in [2.75, 3.05) is 13.7 Å². The van der Waals surface area contributed by atoms with Crippen molar-refractivity contribution in [1.29, 1.82) is 0 Å². The van der Waals surface area contributed by atoms with Crippen molar-refractivity contribution >= 4 is 5.91 Å². The number of carbonyl (C=O) groups is 1. The predicted molar refractivity (Wildman–Crippen MR) is 81.8 cm³/mol. The molecule has 0 unspecified atom stereocenters. The second kappa shape index (κ2) is 7.33. The van der Waals surface area contributed by atoms with E-state index < -0.39 is 0 Å². The van der Waals surface area contributed by atoms with Crippen LogP contribution in [0.25, 0.3) is 0 Å². The van der Waals surface area contributed by atoms with E-state index in [1.165, 1.54) is 0 Å². The molecule has 0 aromatic heterocycles. The second-order valence-electron chi connectivity index (χ2n) is 4.76. The minimum atomic E-state index is -0.0976. The van der Waals surface area contributed by atoms with Crippen LogP contribution in [0.2, 0.25) is 0 Å². The van der Waals surface area contributed by atoms with Crippen LogP contribution in [0.1, 0.15) is 22.3 Å². The van der Waals surface area contributed by atoms with E-state index in [-0.39, 0.29) is 11.7 Å². The van der Waals surface area contributed by atoms with Crippen LogP contribution in [0.3, 0.4) is 0 Å². The van der Waals surface area contributed by atoms with Crippen LogP contribution in [0.15, 0.2) is 48.5 Å². The highest BCUT2D eigenvalue weighted by Gasteiger charge is 2.05. The number of carbonyl (C=O) groups excluding carboxylic acids is 1. The molecule has 110 valence electrons. The molecular weight excluding hydrogens is 266 g/mol. The minimum Gasteiger partial charge on any atom is -0.508 e. The first-order valence-corrected chi connectivity index (χ1v) is 6.89. The van der Waals surface area contributed by atoms with E-state index in [1.807, 2.05) is 18.2 Å². The number of aromatic hydroxyl groups is 1. The molecule has 2 aromatic carbocycles. The van der Waals surface area contributed by atoms with E-state index in [0.29, 0.717) is 17.9 Å². The molecule has 0 aliphatic carbocycles. The van der Waals surface area contributed by atoms with Crippen molar-refractivity contribution in [2.24, 2.45) is 0 Å². The third kappa shape index (κ3) is 4.53. The first-order valence-electron chi connectivity index (χ1n) is 6.89. The number of phenols is 1. The second-order valence-corrected chi connectivity index (χ2v) is 4.76. The molecule has 4 heteroatoms. The van der Waals surface area contributed by atoms with E-state index in [2.05, 4.69) is 5.32 Å². The molecule has 0 bridgehead atoms. The van der Waals surface area contributed by atoms with Crippen molar-refractivity contribution in [3.05, 3.63) is 59.7 Å². The smallest absolute Gasteiger partial charge is 0.251 e. The normalized spacial score (nSPS) is 10.1. The van der Waals surface area contributed by atoms with E-state index in [9.17, 15) is 9.90 Å². The molecule has 0 aliphatic heterocycles. The number of hydrogen-bond acceptors (Lipinski definition) is 3. The first-order chi connectivity index (χ1) is 10.2. The Kier molecular flexibility index (Phi) is 5.21. The average Bonchev–Trinajstić information content (AvgIpc) is 2.53. The van der Waals surface area contributed by atoms with E-state index in [0.717, 1.165) is 18.4 Å². The molecule has 2 N–H and O–H groups in total. The van der Waals surface area contributed by atoms with Gasteiger partial charge in [0.2, 0.25) is 0 Å². The van der Waals surface area contributed by atoms with Crippen LogP contribution in [0.4, 0.5) is 0 Å². The summed E-state index contributed by atoms with van der Waals surface area (Å²) in [5.41, 5.74) is 1.74. The highest BCUT2D eigenvalue weighted by Crippen LogP contribution is 2.13. The number of aryl methyl sites for hydroxylation is 1. The Balaban J connectivity index is 1.77. The molecule has 0 saturated heterocycles. The van der Waals surface area contributed by atoms with Gasteiger partial charge in [-0.15, -0.1) is 0 Å². The zero-order valence-corrected chi connectivity index (χ0v) is 12.0. The fraction of sp³-hybridized carbons (Fsp3) is 0.235. The van der Waals surface area contributed by atoms with Gasteiger partial charge in [0, 0.05) is 12.1 Å². The number of hydrogen-bond donors (Lipinski definition) is 2. The van der Waals surface area contributed by atoms with Gasteiger partial charge < -0.3 is 15.2 Å². The topological polar surface area (TPSA) is 58.6 Å². The third-order valence-corrected chi connectivity index (χ3v) is 3.20. The summed E-state index contributed by atoms with van der Waals surface area (Å²) in [6, 6.07) is 14.2. The SMILES string of the molecule is COc1cccc(C(=O)NCCCc2ccc(O)cc2)c1. The van der Waals surface area contributed by atoms with Crippen molar-refractivity contribution < 1.29 is 14.6 Å². The Morgan fingerprint density at radius 3 is 2.67 bits per heavy atom. The van der Waals surface area contributed by atoms with Gasteiger partial charge in [-0.25, -0.2) is 0 Å². The molecule has 1 amide bonds. The molecule has 2 rings (SSSR count). The summed E-state index contributed by atoms with van der Waals surface area (Å²) in [4.78, 5) is 12.0. The van der Waals surface area contributed by atoms with Crippen LogP contribution >= 0.6 is 0 Å². The summed E-state index contributed by atoms with van der Waals surface area (Å²) < 4.78 is 5.10. The van der Waals surface area contributed by atoms with Crippen LogP contribution in [-0.4, -0.2) is 24.7 Å². The van der Waals surface area contributed by atoms with Gasteiger partial charge in [0.25, 0.3) is 5.91 Å². The molecule has 0 heterocycles. The summed E-state index contributed by atoms with van der Waals surface area (Å²) >= 11 is 0. The van der Waals surface area contributed by atoms with Gasteiger partial charge in [-0.1, -0.05) is 18.2 Å². The van der Waals surface area contributed by atoms with Crippen LogP contribution < -0.4 is 10.1 Å². The maximum Gasteiger partial charge on any atom is 0.251 e. The summed E-state index contributed by atoms with van der Waals surface area (Å²) in [5.74, 6) is 0.844. The Bertz CT molecular complexity index is 593. The minimum absolute atomic E-state index is 0.0976. The van der Waals surface area contributed by atoms with Crippen molar-refractivity contribution in [2.45, 2.75) is 12.8 Å². The lowest BCUT2D eigenvalue weighted by Gasteiger charge is -2.07. The number of amides is 1. The molecule has 0 atom stereocenters. The summed E-state index contributed by atoms with van der Waals surface area (Å²) in [6.07, 6.45) is 1.71. The Morgan fingerprint density at radius 2 is 1.95 bits per heavy atom. The van der Waals surface area contributed by atoms with Gasteiger partial charge in [-0.3, -0.25) is 4.79 Å². The van der Waals surface area contributed by atoms with Gasteiger partial charge in [-0.2, -0.15) is 0 Å². The Hall–Kier alpha value is -2.49. The largest absolute Gasteiger partial charge is 0.508 e. The molecular formula is C17H19NO3. The van der Waals surface area contributed by atoms with Gasteiger partial charge in [0.15, 0.2) is 0 Å². The van der Waals surface area contributed by atoms with Gasteiger partial charge in [0.1, 0.15) is 11.5 Å². The van der Waals surface area contributed by atoms with Gasteiger partial charge >= 0.3 is 0 Å². The summed E-state index contributed by atoms with van der Waals surface area (Å²) in [5, 5.41) is 12.1. The highest BCUT2D eigenvalue weighted by molar-refractivity contribution is 5.94. The lowest BCUT2D eigenvalue weighted by molar-refractivity contribution is 0.0953. The van der Waals surface area contributed by atoms with Crippen molar-refractivity contribution in [3.8, 4) is 11.5 Å². The van der Waals surface area contributed by atoms with Crippen molar-refractivity contribution in [3.63, 3.8) is 0 Å². The van der Waals surface area contributed by atoms with E-state index >= 15 is 0 Å². The highest BCUT2D eigenvalue weighted by atomic mass is 16.5. The Morgan fingerprint density at radius 1 is 1.19 bits per heavy atom. The zero-order valence-electron chi connectivity index (χ0n) is 12.0. The maximum atomic E-state index is 12.0. The van der Waals surface area contributed by atoms with E-state index in [1.54, 1.807) is 37.4 Å². The number of methoxy groups -OCH3 is 1. The van der Waals surface area contributed by atoms with Crippen LogP contribution in [-0.2, 0) is 6.42 Å². The fourth-order valence-corrected chi connectivity index (χ4v) is 2.02. The van der Waals surface area contributed by atoms with Crippen molar-refractivity contribution in [1.82, 2.24) is 5.32 Å². The van der Waals surface area contributed by atoms with Gasteiger partial charge in [-0.05, 0) is 48.7 Å². The van der Waals surface area contributed by atoms with Gasteiger partial charge in [0.05, 0.1) is 7.11 Å². The first kappa shape index (κ1) is 14.9. The molecule has 0 fully saturated rings. The molecule has 2 aromatic rings. The number of benzene rings is 2. The quantitative estimate of drug-likeness (QED) is 0.802. The Labute approximate surface area is 124 Å². The fourth-order valence-electron chi connectivity index (χ4n) is 2.02. The average molecular weight is 285 g/mol.